The second-order valence-corrected chi connectivity index (χ2v) is 1.02. The van der Waals surface area contributed by atoms with E-state index in [0.29, 0.717) is 0 Å². The van der Waals surface area contributed by atoms with Crippen LogP contribution in [-0.4, -0.2) is 4.98 Å². The summed E-state index contributed by atoms with van der Waals surface area (Å²) in [6, 6.07) is 5.72. The molecule has 0 aliphatic heterocycles. The van der Waals surface area contributed by atoms with Crippen LogP contribution in [0.15, 0.2) is 30.6 Å². The quantitative estimate of drug-likeness (QED) is 0.484. The molecule has 1 aromatic rings. The molecule has 0 amide bonds. The van der Waals surface area contributed by atoms with Crippen molar-refractivity contribution in [2.45, 2.75) is 0 Å². The summed E-state index contributed by atoms with van der Waals surface area (Å²) in [4.78, 5) is 3.78. The molecule has 0 aromatic carbocycles. The summed E-state index contributed by atoms with van der Waals surface area (Å²) in [6.45, 7) is 0. The van der Waals surface area contributed by atoms with E-state index in [1.807, 2.05) is 18.2 Å². The molecule has 2 heteroatoms. The fourth-order valence-electron chi connectivity index (χ4n) is 0.313. The third-order valence-corrected chi connectivity index (χ3v) is 0.566. The average Bonchev–Trinajstić information content (AvgIpc) is 1.72. The van der Waals surface area contributed by atoms with Crippen LogP contribution >= 0.6 is 0 Å². The predicted molar refractivity (Wildman–Crippen MR) is 24.2 cm³/mol. The van der Waals surface area contributed by atoms with Crippen LogP contribution in [0.4, 0.5) is 0 Å². The second kappa shape index (κ2) is 3.85. The molecule has 0 unspecified atom stereocenters. The number of nitrogens with zero attached hydrogens (tertiary/aromatic N) is 1. The Morgan fingerprint density at radius 1 is 0.857 bits per heavy atom. The molecule has 1 aromatic heterocycles. The maximum atomic E-state index is 3.78. The third kappa shape index (κ3) is 2.38. The normalized spacial score (nSPS) is 6.86. The van der Waals surface area contributed by atoms with Crippen molar-refractivity contribution in [2.75, 3.05) is 0 Å². The van der Waals surface area contributed by atoms with E-state index in [1.165, 1.54) is 0 Å². The molecular formula is C5H5MnN+3. The molecule has 0 N–H and O–H groups in total. The first-order chi connectivity index (χ1) is 3.00. The van der Waals surface area contributed by atoms with Gasteiger partial charge in [-0.2, -0.15) is 0 Å². The van der Waals surface area contributed by atoms with E-state index in [-0.39, 0.29) is 17.1 Å². The van der Waals surface area contributed by atoms with Crippen LogP contribution in [-0.2, 0) is 17.1 Å². The van der Waals surface area contributed by atoms with Crippen LogP contribution in [0, 0.1) is 0 Å². The number of aromatic nitrogens is 1. The second-order valence-electron chi connectivity index (χ2n) is 1.02. The van der Waals surface area contributed by atoms with Crippen molar-refractivity contribution in [3.63, 3.8) is 0 Å². The van der Waals surface area contributed by atoms with Crippen molar-refractivity contribution in [3.8, 4) is 0 Å². The van der Waals surface area contributed by atoms with Crippen LogP contribution < -0.4 is 0 Å². The smallest absolute Gasteiger partial charge is 0.265 e. The number of pyridine rings is 1. The Hall–Kier alpha value is -0.331. The summed E-state index contributed by atoms with van der Waals surface area (Å²) < 4.78 is 0. The molecule has 0 spiro atoms. The van der Waals surface area contributed by atoms with Gasteiger partial charge in [0.1, 0.15) is 0 Å². The van der Waals surface area contributed by atoms with E-state index in [2.05, 4.69) is 4.98 Å². The molecule has 0 fully saturated rings. The van der Waals surface area contributed by atoms with Crippen molar-refractivity contribution in [3.05, 3.63) is 30.6 Å². The minimum atomic E-state index is 0. The molecule has 1 heterocycles. The number of hydrogen-bond donors (Lipinski definition) is 0. The predicted octanol–water partition coefficient (Wildman–Crippen LogP) is 1.08. The van der Waals surface area contributed by atoms with Gasteiger partial charge in [-0.25, -0.2) is 0 Å². The molecule has 0 aliphatic carbocycles. The standard InChI is InChI=1S/C5H5N.Mn/c1-2-4-6-5-3-1;/h1-5H;/q;+3. The molecule has 0 aliphatic rings. The molecule has 34 valence electrons. The fourth-order valence-corrected chi connectivity index (χ4v) is 0.313. The van der Waals surface area contributed by atoms with Gasteiger partial charge < -0.3 is 0 Å². The Morgan fingerprint density at radius 2 is 1.43 bits per heavy atom. The van der Waals surface area contributed by atoms with Crippen molar-refractivity contribution < 1.29 is 17.1 Å². The SMILES string of the molecule is [Mn+3].c1ccncc1. The Balaban J connectivity index is 0.000000360. The summed E-state index contributed by atoms with van der Waals surface area (Å²) in [7, 11) is 0. The Morgan fingerprint density at radius 3 is 1.57 bits per heavy atom. The molecule has 0 radical (unpaired) electrons. The summed E-state index contributed by atoms with van der Waals surface area (Å²) in [5.41, 5.74) is 0. The summed E-state index contributed by atoms with van der Waals surface area (Å²) in [5.74, 6) is 0. The summed E-state index contributed by atoms with van der Waals surface area (Å²) in [5, 5.41) is 0. The van der Waals surface area contributed by atoms with Gasteiger partial charge in [0.2, 0.25) is 0 Å². The molecule has 0 atom stereocenters. The zero-order valence-electron chi connectivity index (χ0n) is 3.71. The molecule has 1 rings (SSSR count). The maximum Gasteiger partial charge on any atom is 3.00 e. The minimum absolute atomic E-state index is 0. The monoisotopic (exact) mass is 134 g/mol. The van der Waals surface area contributed by atoms with Crippen LogP contribution in [0.2, 0.25) is 0 Å². The van der Waals surface area contributed by atoms with Crippen molar-refractivity contribution in [1.29, 1.82) is 0 Å². The molecule has 7 heavy (non-hydrogen) atoms. The first-order valence-corrected chi connectivity index (χ1v) is 1.85. The van der Waals surface area contributed by atoms with Gasteiger partial charge in [0.25, 0.3) is 0 Å². The summed E-state index contributed by atoms with van der Waals surface area (Å²) in [6.07, 6.45) is 3.50. The van der Waals surface area contributed by atoms with Crippen LogP contribution in [0.5, 0.6) is 0 Å². The van der Waals surface area contributed by atoms with Crippen molar-refractivity contribution >= 4 is 0 Å². The zero-order valence-corrected chi connectivity index (χ0v) is 4.89. The summed E-state index contributed by atoms with van der Waals surface area (Å²) >= 11 is 0. The van der Waals surface area contributed by atoms with Gasteiger partial charge in [0, 0.05) is 12.4 Å². The van der Waals surface area contributed by atoms with E-state index in [4.69, 9.17) is 0 Å². The maximum absolute atomic E-state index is 3.78. The Bertz CT molecular complexity index is 80.0. The zero-order chi connectivity index (χ0) is 4.24. The van der Waals surface area contributed by atoms with Crippen LogP contribution in [0.1, 0.15) is 0 Å². The molecule has 0 saturated heterocycles. The van der Waals surface area contributed by atoms with E-state index < -0.39 is 0 Å². The van der Waals surface area contributed by atoms with E-state index >= 15 is 0 Å². The van der Waals surface area contributed by atoms with Crippen LogP contribution in [0.25, 0.3) is 0 Å². The molecule has 1 nitrogen and oxygen atoms in total. The Kier molecular flexibility index (Phi) is 3.66. The number of hydrogen-bond acceptors (Lipinski definition) is 1. The molecule has 0 saturated carbocycles. The van der Waals surface area contributed by atoms with Gasteiger partial charge in [-0.1, -0.05) is 6.07 Å². The number of rotatable bonds is 0. The van der Waals surface area contributed by atoms with Crippen LogP contribution in [0.3, 0.4) is 0 Å². The van der Waals surface area contributed by atoms with E-state index in [1.54, 1.807) is 12.4 Å². The van der Waals surface area contributed by atoms with Crippen molar-refractivity contribution in [1.82, 2.24) is 4.98 Å². The van der Waals surface area contributed by atoms with Gasteiger partial charge in [-0.15, -0.1) is 0 Å². The van der Waals surface area contributed by atoms with Gasteiger partial charge in [0.05, 0.1) is 0 Å². The largest absolute Gasteiger partial charge is 3.00 e. The fraction of sp³-hybridized carbons (Fsp3) is 0. The third-order valence-electron chi connectivity index (χ3n) is 0.566. The topological polar surface area (TPSA) is 12.9 Å². The minimum Gasteiger partial charge on any atom is -0.265 e. The first kappa shape index (κ1) is 6.67. The van der Waals surface area contributed by atoms with Gasteiger partial charge >= 0.3 is 17.1 Å². The van der Waals surface area contributed by atoms with Gasteiger partial charge in [-0.05, 0) is 12.1 Å². The van der Waals surface area contributed by atoms with E-state index in [0.717, 1.165) is 0 Å². The molecule has 0 bridgehead atoms. The first-order valence-electron chi connectivity index (χ1n) is 1.85. The Labute approximate surface area is 53.2 Å². The van der Waals surface area contributed by atoms with Gasteiger partial charge in [0.15, 0.2) is 0 Å². The molecular weight excluding hydrogens is 129 g/mol. The average molecular weight is 134 g/mol. The van der Waals surface area contributed by atoms with Crippen molar-refractivity contribution in [2.24, 2.45) is 0 Å². The van der Waals surface area contributed by atoms with Gasteiger partial charge in [-0.3, -0.25) is 4.98 Å². The van der Waals surface area contributed by atoms with E-state index in [9.17, 15) is 0 Å².